The van der Waals surface area contributed by atoms with E-state index < -0.39 is 11.2 Å². The number of hydrogen-bond donors (Lipinski definition) is 2. The number of carboxylic acid groups (broad SMARTS) is 1. The fourth-order valence-corrected chi connectivity index (χ4v) is 3.69. The van der Waals surface area contributed by atoms with Crippen LogP contribution in [0.25, 0.3) is 0 Å². The Kier molecular flexibility index (Phi) is 6.80. The van der Waals surface area contributed by atoms with Crippen molar-refractivity contribution in [3.8, 4) is 5.75 Å². The largest absolute Gasteiger partial charge is 0.507 e. The zero-order valence-electron chi connectivity index (χ0n) is 16.1. The van der Waals surface area contributed by atoms with E-state index >= 15 is 0 Å². The normalized spacial score (nSPS) is 13.8. The zero-order valence-corrected chi connectivity index (χ0v) is 16.9. The lowest BCUT2D eigenvalue weighted by Crippen LogP contribution is -2.19. The van der Waals surface area contributed by atoms with Gasteiger partial charge >= 0.3 is 5.97 Å². The molecule has 0 aliphatic heterocycles. The maximum atomic E-state index is 11.6. The fraction of sp³-hybridized carbons (Fsp3) is 0.650. The first-order valence-corrected chi connectivity index (χ1v) is 9.53. The fourth-order valence-electron chi connectivity index (χ4n) is 2.61. The van der Waals surface area contributed by atoms with Crippen LogP contribution in [0.5, 0.6) is 5.75 Å². The minimum absolute atomic E-state index is 0.206. The Labute approximate surface area is 150 Å². The van der Waals surface area contributed by atoms with Crippen molar-refractivity contribution in [3.05, 3.63) is 23.3 Å². The highest BCUT2D eigenvalue weighted by Crippen LogP contribution is 2.42. The molecular formula is C20H32O3S. The molecule has 0 fully saturated rings. The number of phenols is 1. The van der Waals surface area contributed by atoms with Crippen molar-refractivity contribution in [1.82, 2.24) is 0 Å². The average molecular weight is 353 g/mol. The van der Waals surface area contributed by atoms with Crippen molar-refractivity contribution in [2.24, 2.45) is 0 Å². The summed E-state index contributed by atoms with van der Waals surface area (Å²) in [7, 11) is 0. The first-order valence-electron chi connectivity index (χ1n) is 8.65. The number of unbranched alkanes of at least 4 members (excludes halogenated alkanes) is 1. The monoisotopic (exact) mass is 352 g/mol. The van der Waals surface area contributed by atoms with Gasteiger partial charge in [-0.2, -0.15) is 0 Å². The summed E-state index contributed by atoms with van der Waals surface area (Å²) in [5, 5.41) is 19.8. The Morgan fingerprint density at radius 1 is 1.08 bits per heavy atom. The second-order valence-corrected chi connectivity index (χ2v) is 9.73. The smallest absolute Gasteiger partial charge is 0.316 e. The van der Waals surface area contributed by atoms with Gasteiger partial charge in [-0.15, -0.1) is 11.8 Å². The van der Waals surface area contributed by atoms with Gasteiger partial charge in [-0.05, 0) is 29.4 Å². The lowest BCUT2D eigenvalue weighted by Gasteiger charge is -2.28. The van der Waals surface area contributed by atoms with Crippen LogP contribution in [0.3, 0.4) is 0 Å². The van der Waals surface area contributed by atoms with Crippen LogP contribution in [-0.2, 0) is 15.6 Å². The molecule has 1 rings (SSSR count). The van der Waals surface area contributed by atoms with E-state index in [0.29, 0.717) is 12.2 Å². The summed E-state index contributed by atoms with van der Waals surface area (Å²) in [6.45, 7) is 14.5. The number of benzene rings is 1. The van der Waals surface area contributed by atoms with Crippen molar-refractivity contribution in [2.75, 3.05) is 0 Å². The molecular weight excluding hydrogens is 320 g/mol. The van der Waals surface area contributed by atoms with Crippen molar-refractivity contribution >= 4 is 17.7 Å². The molecule has 4 heteroatoms. The highest BCUT2D eigenvalue weighted by atomic mass is 32.2. The lowest BCUT2D eigenvalue weighted by molar-refractivity contribution is -0.136. The quantitative estimate of drug-likeness (QED) is 0.643. The third kappa shape index (κ3) is 5.44. The molecule has 0 aliphatic rings. The van der Waals surface area contributed by atoms with E-state index in [0.717, 1.165) is 28.9 Å². The molecule has 1 aromatic rings. The summed E-state index contributed by atoms with van der Waals surface area (Å²) < 4.78 is 0. The summed E-state index contributed by atoms with van der Waals surface area (Å²) in [4.78, 5) is 12.5. The number of carboxylic acids is 1. The van der Waals surface area contributed by atoms with Gasteiger partial charge in [0.15, 0.2) is 0 Å². The highest BCUT2D eigenvalue weighted by molar-refractivity contribution is 8.00. The van der Waals surface area contributed by atoms with Gasteiger partial charge in [-0.3, -0.25) is 4.79 Å². The van der Waals surface area contributed by atoms with Crippen LogP contribution in [-0.4, -0.2) is 21.4 Å². The molecule has 0 aliphatic carbocycles. The van der Waals surface area contributed by atoms with E-state index in [1.165, 1.54) is 11.8 Å². The summed E-state index contributed by atoms with van der Waals surface area (Å²) in [5.74, 6) is -0.434. The predicted molar refractivity (Wildman–Crippen MR) is 102 cm³/mol. The van der Waals surface area contributed by atoms with Crippen LogP contribution in [0, 0.1) is 0 Å². The Morgan fingerprint density at radius 3 is 1.88 bits per heavy atom. The highest BCUT2D eigenvalue weighted by Gasteiger charge is 2.28. The van der Waals surface area contributed by atoms with Crippen LogP contribution in [0.1, 0.15) is 78.9 Å². The molecule has 0 bridgehead atoms. The van der Waals surface area contributed by atoms with Gasteiger partial charge in [0, 0.05) is 16.0 Å². The van der Waals surface area contributed by atoms with E-state index in [-0.39, 0.29) is 10.8 Å². The maximum Gasteiger partial charge on any atom is 0.316 e. The number of rotatable bonds is 6. The molecule has 1 aromatic carbocycles. The molecule has 0 radical (unpaired) electrons. The van der Waals surface area contributed by atoms with E-state index in [1.54, 1.807) is 0 Å². The molecule has 0 spiro atoms. The van der Waals surface area contributed by atoms with Gasteiger partial charge in [0.05, 0.1) is 0 Å². The molecule has 24 heavy (non-hydrogen) atoms. The summed E-state index contributed by atoms with van der Waals surface area (Å²) >= 11 is 1.40. The zero-order chi connectivity index (χ0) is 18.7. The van der Waals surface area contributed by atoms with Gasteiger partial charge in [0.2, 0.25) is 0 Å². The number of hydrogen-bond acceptors (Lipinski definition) is 3. The molecule has 0 saturated heterocycles. The van der Waals surface area contributed by atoms with Gasteiger partial charge in [-0.25, -0.2) is 0 Å². The molecule has 0 heterocycles. The minimum atomic E-state index is -0.767. The number of aromatic hydroxyl groups is 1. The Bertz CT molecular complexity index is 545. The molecule has 0 amide bonds. The topological polar surface area (TPSA) is 57.5 Å². The number of phenolic OH excluding ortho intramolecular Hbond substituents is 1. The number of thioether (sulfide) groups is 1. The average Bonchev–Trinajstić information content (AvgIpc) is 2.41. The molecule has 0 saturated carbocycles. The Morgan fingerprint density at radius 2 is 1.54 bits per heavy atom. The molecule has 0 aromatic heterocycles. The van der Waals surface area contributed by atoms with E-state index in [4.69, 9.17) is 0 Å². The predicted octanol–water partition coefficient (Wildman–Crippen LogP) is 5.72. The lowest BCUT2D eigenvalue weighted by atomic mass is 9.79. The molecule has 2 N–H and O–H groups in total. The summed E-state index contributed by atoms with van der Waals surface area (Å²) in [5.41, 5.74) is 1.33. The molecule has 3 nitrogen and oxygen atoms in total. The van der Waals surface area contributed by atoms with Crippen LogP contribution >= 0.6 is 11.8 Å². The van der Waals surface area contributed by atoms with E-state index in [2.05, 4.69) is 48.5 Å². The Hall–Kier alpha value is -1.16. The number of aliphatic carboxylic acids is 1. The molecule has 136 valence electrons. The van der Waals surface area contributed by atoms with Gasteiger partial charge in [-0.1, -0.05) is 61.3 Å². The van der Waals surface area contributed by atoms with Crippen molar-refractivity contribution in [2.45, 2.75) is 88.7 Å². The van der Waals surface area contributed by atoms with Crippen molar-refractivity contribution in [1.29, 1.82) is 0 Å². The SMILES string of the molecule is CCCC[C@H](Sc1cc(C(C)(C)C)c(O)c(C(C)(C)C)c1)C(=O)O. The minimum Gasteiger partial charge on any atom is -0.507 e. The standard InChI is InChI=1S/C20H32O3S/c1-8-9-10-16(18(22)23)24-13-11-14(19(2,3)4)17(21)15(12-13)20(5,6)7/h11-12,16,21H,8-10H2,1-7H3,(H,22,23)/t16-/m0/s1. The third-order valence-electron chi connectivity index (χ3n) is 4.07. The van der Waals surface area contributed by atoms with E-state index in [1.807, 2.05) is 12.1 Å². The summed E-state index contributed by atoms with van der Waals surface area (Å²) in [6, 6.07) is 3.91. The van der Waals surface area contributed by atoms with Crippen molar-refractivity contribution in [3.63, 3.8) is 0 Å². The first kappa shape index (κ1) is 20.9. The van der Waals surface area contributed by atoms with Gasteiger partial charge in [0.25, 0.3) is 0 Å². The van der Waals surface area contributed by atoms with Gasteiger partial charge in [0.1, 0.15) is 11.0 Å². The molecule has 1 atom stereocenters. The second kappa shape index (κ2) is 7.81. The first-order chi connectivity index (χ1) is 10.9. The van der Waals surface area contributed by atoms with Crippen LogP contribution in [0.4, 0.5) is 0 Å². The summed E-state index contributed by atoms with van der Waals surface area (Å²) in [6.07, 6.45) is 2.55. The second-order valence-electron chi connectivity index (χ2n) is 8.45. The van der Waals surface area contributed by atoms with Gasteiger partial charge < -0.3 is 10.2 Å². The van der Waals surface area contributed by atoms with E-state index in [9.17, 15) is 15.0 Å². The maximum absolute atomic E-state index is 11.6. The third-order valence-corrected chi connectivity index (χ3v) is 5.30. The van der Waals surface area contributed by atoms with Crippen molar-refractivity contribution < 1.29 is 15.0 Å². The molecule has 0 unspecified atom stereocenters. The Balaban J connectivity index is 3.35. The van der Waals surface area contributed by atoms with Crippen LogP contribution in [0.15, 0.2) is 17.0 Å². The number of carbonyl (C=O) groups is 1. The van der Waals surface area contributed by atoms with Crippen LogP contribution < -0.4 is 0 Å². The van der Waals surface area contributed by atoms with Crippen LogP contribution in [0.2, 0.25) is 0 Å².